The molecule has 0 unspecified atom stereocenters. The summed E-state index contributed by atoms with van der Waals surface area (Å²) in [6.45, 7) is 0. The molecule has 88 valence electrons. The van der Waals surface area contributed by atoms with E-state index in [-0.39, 0.29) is 5.97 Å². The molecule has 0 bridgehead atoms. The Kier molecular flexibility index (Phi) is 3.44. The molecule has 0 aliphatic carbocycles. The maximum absolute atomic E-state index is 11.6. The van der Waals surface area contributed by atoms with Gasteiger partial charge in [0.25, 0.3) is 0 Å². The van der Waals surface area contributed by atoms with E-state index in [0.717, 1.165) is 16.1 Å². The van der Waals surface area contributed by atoms with Crippen molar-refractivity contribution in [2.24, 2.45) is 0 Å². The van der Waals surface area contributed by atoms with E-state index in [4.69, 9.17) is 4.74 Å². The number of ether oxygens (including phenoxy) is 1. The van der Waals surface area contributed by atoms with Crippen LogP contribution in [0.3, 0.4) is 0 Å². The van der Waals surface area contributed by atoms with Gasteiger partial charge < -0.3 is 10.1 Å². The Morgan fingerprint density at radius 2 is 2.00 bits per heavy atom. The highest BCUT2D eigenvalue weighted by Gasteiger charge is 2.16. The Bertz CT molecular complexity index is 519. The average molecular weight is 247 g/mol. The van der Waals surface area contributed by atoms with Gasteiger partial charge in [0.2, 0.25) is 0 Å². The second-order valence-corrected chi connectivity index (χ2v) is 4.51. The van der Waals surface area contributed by atoms with Crippen LogP contribution in [0, 0.1) is 0 Å². The first-order valence-corrected chi connectivity index (χ1v) is 6.03. The molecular weight excluding hydrogens is 234 g/mol. The number of anilines is 1. The first-order chi connectivity index (χ1) is 8.26. The van der Waals surface area contributed by atoms with Gasteiger partial charge >= 0.3 is 5.97 Å². The molecule has 1 heterocycles. The smallest absolute Gasteiger partial charge is 0.350 e. The summed E-state index contributed by atoms with van der Waals surface area (Å²) in [6, 6.07) is 11.9. The maximum Gasteiger partial charge on any atom is 0.350 e. The van der Waals surface area contributed by atoms with Crippen molar-refractivity contribution in [3.63, 3.8) is 0 Å². The Hall–Kier alpha value is -1.81. The van der Waals surface area contributed by atoms with Crippen molar-refractivity contribution >= 4 is 23.0 Å². The number of nitrogens with one attached hydrogen (secondary N) is 1. The first-order valence-electron chi connectivity index (χ1n) is 5.21. The molecule has 0 atom stereocenters. The summed E-state index contributed by atoms with van der Waals surface area (Å²) >= 11 is 1.43. The molecule has 0 spiro atoms. The lowest BCUT2D eigenvalue weighted by Gasteiger charge is -1.98. The van der Waals surface area contributed by atoms with Gasteiger partial charge in [0.15, 0.2) is 0 Å². The molecule has 0 saturated carbocycles. The van der Waals surface area contributed by atoms with E-state index in [1.165, 1.54) is 18.4 Å². The topological polar surface area (TPSA) is 38.3 Å². The van der Waals surface area contributed by atoms with Crippen molar-refractivity contribution in [1.29, 1.82) is 0 Å². The molecule has 3 nitrogen and oxygen atoms in total. The predicted molar refractivity (Wildman–Crippen MR) is 70.6 cm³/mol. The molecule has 17 heavy (non-hydrogen) atoms. The van der Waals surface area contributed by atoms with Crippen LogP contribution in [0.4, 0.5) is 5.69 Å². The van der Waals surface area contributed by atoms with E-state index in [9.17, 15) is 4.79 Å². The van der Waals surface area contributed by atoms with Crippen molar-refractivity contribution in [1.82, 2.24) is 0 Å². The SMILES string of the molecule is CNc1cc(-c2ccccc2)sc1C(=O)OC. The van der Waals surface area contributed by atoms with Gasteiger partial charge in [0, 0.05) is 11.9 Å². The standard InChI is InChI=1S/C13H13NO2S/c1-14-10-8-11(9-6-4-3-5-7-9)17-12(10)13(15)16-2/h3-8,14H,1-2H3. The molecule has 2 rings (SSSR count). The average Bonchev–Trinajstić information content (AvgIpc) is 2.83. The summed E-state index contributed by atoms with van der Waals surface area (Å²) in [7, 11) is 3.19. The Morgan fingerprint density at radius 3 is 2.59 bits per heavy atom. The molecule has 0 aliphatic rings. The zero-order valence-electron chi connectivity index (χ0n) is 9.69. The van der Waals surface area contributed by atoms with Gasteiger partial charge in [-0.15, -0.1) is 11.3 Å². The van der Waals surface area contributed by atoms with Crippen LogP contribution >= 0.6 is 11.3 Å². The van der Waals surface area contributed by atoms with Crippen LogP contribution in [0.1, 0.15) is 9.67 Å². The van der Waals surface area contributed by atoms with Gasteiger partial charge in [-0.25, -0.2) is 4.79 Å². The first kappa shape index (κ1) is 11.7. The summed E-state index contributed by atoms with van der Waals surface area (Å²) in [4.78, 5) is 13.2. The number of carbonyl (C=O) groups is 1. The highest BCUT2D eigenvalue weighted by Crippen LogP contribution is 2.34. The lowest BCUT2D eigenvalue weighted by molar-refractivity contribution is 0.0607. The second kappa shape index (κ2) is 5.01. The molecule has 0 aliphatic heterocycles. The third-order valence-electron chi connectivity index (χ3n) is 2.43. The Labute approximate surface area is 104 Å². The van der Waals surface area contributed by atoms with Gasteiger partial charge in [0.1, 0.15) is 4.88 Å². The van der Waals surface area contributed by atoms with Gasteiger partial charge in [-0.05, 0) is 11.6 Å². The van der Waals surface area contributed by atoms with E-state index < -0.39 is 0 Å². The van der Waals surface area contributed by atoms with Crippen molar-refractivity contribution in [2.45, 2.75) is 0 Å². The lowest BCUT2D eigenvalue weighted by atomic mass is 10.2. The van der Waals surface area contributed by atoms with Crippen LogP contribution in [0.25, 0.3) is 10.4 Å². The highest BCUT2D eigenvalue weighted by atomic mass is 32.1. The number of methoxy groups -OCH3 is 1. The summed E-state index contributed by atoms with van der Waals surface area (Å²) in [5.41, 5.74) is 1.91. The third kappa shape index (κ3) is 2.31. The minimum Gasteiger partial charge on any atom is -0.465 e. The van der Waals surface area contributed by atoms with Crippen molar-refractivity contribution in [3.05, 3.63) is 41.3 Å². The van der Waals surface area contributed by atoms with E-state index in [2.05, 4.69) is 5.32 Å². The van der Waals surface area contributed by atoms with Crippen LogP contribution in [-0.2, 0) is 4.74 Å². The fourth-order valence-electron chi connectivity index (χ4n) is 1.57. The summed E-state index contributed by atoms with van der Waals surface area (Å²) in [6.07, 6.45) is 0. The van der Waals surface area contributed by atoms with E-state index >= 15 is 0 Å². The molecule has 0 radical (unpaired) electrons. The lowest BCUT2D eigenvalue weighted by Crippen LogP contribution is -2.01. The number of rotatable bonds is 3. The van der Waals surface area contributed by atoms with Crippen LogP contribution in [-0.4, -0.2) is 20.1 Å². The number of benzene rings is 1. The van der Waals surface area contributed by atoms with E-state index in [1.54, 1.807) is 7.05 Å². The minimum absolute atomic E-state index is 0.304. The van der Waals surface area contributed by atoms with Crippen LogP contribution < -0.4 is 5.32 Å². The fourth-order valence-corrected chi connectivity index (χ4v) is 2.65. The van der Waals surface area contributed by atoms with Gasteiger partial charge in [-0.3, -0.25) is 0 Å². The molecule has 1 aromatic carbocycles. The van der Waals surface area contributed by atoms with Crippen molar-refractivity contribution in [2.75, 3.05) is 19.5 Å². The van der Waals surface area contributed by atoms with Crippen molar-refractivity contribution < 1.29 is 9.53 Å². The molecule has 0 fully saturated rings. The Morgan fingerprint density at radius 1 is 1.29 bits per heavy atom. The minimum atomic E-state index is -0.304. The summed E-state index contributed by atoms with van der Waals surface area (Å²) < 4.78 is 4.76. The third-order valence-corrected chi connectivity index (χ3v) is 3.59. The molecule has 0 saturated heterocycles. The van der Waals surface area contributed by atoms with E-state index in [0.29, 0.717) is 4.88 Å². The van der Waals surface area contributed by atoms with Crippen LogP contribution in [0.2, 0.25) is 0 Å². The normalized spacial score (nSPS) is 10.0. The van der Waals surface area contributed by atoms with Crippen molar-refractivity contribution in [3.8, 4) is 10.4 Å². The monoisotopic (exact) mass is 247 g/mol. The maximum atomic E-state index is 11.6. The number of esters is 1. The number of carbonyl (C=O) groups excluding carboxylic acids is 1. The van der Waals surface area contributed by atoms with Gasteiger partial charge in [-0.1, -0.05) is 30.3 Å². The predicted octanol–water partition coefficient (Wildman–Crippen LogP) is 3.24. The molecule has 1 aromatic heterocycles. The quantitative estimate of drug-likeness (QED) is 0.846. The highest BCUT2D eigenvalue weighted by molar-refractivity contribution is 7.18. The molecule has 1 N–H and O–H groups in total. The number of hydrogen-bond acceptors (Lipinski definition) is 4. The number of thiophene rings is 1. The Balaban J connectivity index is 2.45. The van der Waals surface area contributed by atoms with Gasteiger partial charge in [0.05, 0.1) is 12.8 Å². The molecular formula is C13H13NO2S. The molecule has 4 heteroatoms. The van der Waals surface area contributed by atoms with E-state index in [1.807, 2.05) is 36.4 Å². The second-order valence-electron chi connectivity index (χ2n) is 3.46. The fraction of sp³-hybridized carbons (Fsp3) is 0.154. The zero-order chi connectivity index (χ0) is 12.3. The van der Waals surface area contributed by atoms with Gasteiger partial charge in [-0.2, -0.15) is 0 Å². The summed E-state index contributed by atoms with van der Waals surface area (Å²) in [5, 5.41) is 3.01. The van der Waals surface area contributed by atoms with Crippen LogP contribution in [0.5, 0.6) is 0 Å². The summed E-state index contributed by atoms with van der Waals surface area (Å²) in [5.74, 6) is -0.304. The number of hydrogen-bond donors (Lipinski definition) is 1. The zero-order valence-corrected chi connectivity index (χ0v) is 10.5. The largest absolute Gasteiger partial charge is 0.465 e. The van der Waals surface area contributed by atoms with Crippen LogP contribution in [0.15, 0.2) is 36.4 Å². The molecule has 0 amide bonds. The molecule has 2 aromatic rings.